The van der Waals surface area contributed by atoms with Gasteiger partial charge in [0.15, 0.2) is 0 Å². The van der Waals surface area contributed by atoms with Crippen LogP contribution in [0, 0.1) is 23.7 Å². The van der Waals surface area contributed by atoms with Crippen LogP contribution in [0.15, 0.2) is 0 Å². The van der Waals surface area contributed by atoms with Crippen molar-refractivity contribution in [1.82, 2.24) is 0 Å². The predicted molar refractivity (Wildman–Crippen MR) is 52.1 cm³/mol. The molecule has 0 radical (unpaired) electrons. The van der Waals surface area contributed by atoms with Gasteiger partial charge in [0, 0.05) is 0 Å². The Hall–Kier alpha value is 0.870. The minimum absolute atomic E-state index is 0.977. The first-order chi connectivity index (χ1) is 5.46. The summed E-state index contributed by atoms with van der Waals surface area (Å²) in [5, 5.41) is 0. The van der Waals surface area contributed by atoms with Crippen molar-refractivity contribution < 1.29 is 21.4 Å². The number of hydrogen-bond acceptors (Lipinski definition) is 0. The predicted octanol–water partition coefficient (Wildman–Crippen LogP) is 4.05. The molecular weight excluding hydrogens is 311 g/mol. The van der Waals surface area contributed by atoms with Gasteiger partial charge in [0.2, 0.25) is 0 Å². The first kappa shape index (κ1) is 10.9. The molecule has 71 valence electrons. The van der Waals surface area contributed by atoms with Crippen LogP contribution in [-0.4, -0.2) is 0 Å². The van der Waals surface area contributed by atoms with E-state index < -0.39 is 21.4 Å². The second-order valence-electron chi connectivity index (χ2n) is 5.04. The van der Waals surface area contributed by atoms with E-state index in [0.29, 0.717) is 0 Å². The van der Waals surface area contributed by atoms with Crippen LogP contribution < -0.4 is 0 Å². The van der Waals surface area contributed by atoms with E-state index in [1.54, 1.807) is 0 Å². The van der Waals surface area contributed by atoms with Crippen LogP contribution in [0.2, 0.25) is 13.0 Å². The van der Waals surface area contributed by atoms with Gasteiger partial charge in [-0.2, -0.15) is 0 Å². The van der Waals surface area contributed by atoms with Crippen LogP contribution in [0.4, 0.5) is 0 Å². The van der Waals surface area contributed by atoms with Crippen molar-refractivity contribution in [2.75, 3.05) is 0 Å². The normalized spacial score (nSPS) is 48.0. The molecule has 1 aliphatic carbocycles. The van der Waals surface area contributed by atoms with Crippen molar-refractivity contribution in [3.05, 3.63) is 0 Å². The fraction of sp³-hybridized carbons (Fsp3) is 1.00. The third-order valence-corrected chi connectivity index (χ3v) is 12.9. The summed E-state index contributed by atoms with van der Waals surface area (Å²) in [5.74, 6) is 3.99. The van der Waals surface area contributed by atoms with Gasteiger partial charge in [-0.15, -0.1) is 0 Å². The minimum atomic E-state index is -1.10. The molecule has 0 aliphatic heterocycles. The molecule has 0 amide bonds. The van der Waals surface area contributed by atoms with E-state index in [1.807, 2.05) is 0 Å². The van der Waals surface area contributed by atoms with Crippen LogP contribution in [0.1, 0.15) is 27.7 Å². The van der Waals surface area contributed by atoms with Crippen LogP contribution >= 0.6 is 0 Å². The molecule has 4 unspecified atom stereocenters. The molecule has 0 heterocycles. The average molecular weight is 334 g/mol. The molecule has 0 N–H and O–H groups in total. The van der Waals surface area contributed by atoms with E-state index in [2.05, 4.69) is 37.1 Å². The molecule has 0 nitrogen and oxygen atoms in total. The van der Waals surface area contributed by atoms with Crippen molar-refractivity contribution in [2.24, 2.45) is 23.7 Å². The third-order valence-electron chi connectivity index (χ3n) is 4.29. The van der Waals surface area contributed by atoms with E-state index in [9.17, 15) is 0 Å². The second-order valence-corrected chi connectivity index (χ2v) is 15.2. The molecule has 0 aromatic heterocycles. The Balaban J connectivity index is 2.76. The van der Waals surface area contributed by atoms with Crippen LogP contribution in [0.5, 0.6) is 0 Å². The summed E-state index contributed by atoms with van der Waals surface area (Å²) in [4.78, 5) is 0. The maximum atomic E-state index is 2.59. The number of hydrogen-bond donors (Lipinski definition) is 0. The zero-order valence-electron chi connectivity index (χ0n) is 9.39. The average Bonchev–Trinajstić information content (AvgIpc) is 2.16. The van der Waals surface area contributed by atoms with Crippen LogP contribution in [0.3, 0.4) is 0 Å². The van der Waals surface area contributed by atoms with E-state index >= 15 is 0 Å². The summed E-state index contributed by atoms with van der Waals surface area (Å²) in [7, 11) is 0. The quantitative estimate of drug-likeness (QED) is 0.635. The molecular formula is C11H23Hf. The zero-order valence-corrected chi connectivity index (χ0v) is 13.0. The van der Waals surface area contributed by atoms with Gasteiger partial charge in [0.05, 0.1) is 0 Å². The van der Waals surface area contributed by atoms with Crippen LogP contribution in [-0.2, 0) is 21.4 Å². The molecule has 12 heavy (non-hydrogen) atoms. The fourth-order valence-electron chi connectivity index (χ4n) is 3.14. The first-order valence-corrected chi connectivity index (χ1v) is 14.5. The molecule has 1 rings (SSSR count). The fourth-order valence-corrected chi connectivity index (χ4v) is 12.9. The van der Waals surface area contributed by atoms with Gasteiger partial charge in [0.25, 0.3) is 0 Å². The van der Waals surface area contributed by atoms with Gasteiger partial charge >= 0.3 is 85.8 Å². The van der Waals surface area contributed by atoms with Gasteiger partial charge in [-0.05, 0) is 0 Å². The molecule has 0 saturated heterocycles. The Kier molecular flexibility index (Phi) is 3.59. The molecule has 4 atom stereocenters. The summed E-state index contributed by atoms with van der Waals surface area (Å²) >= 11 is -1.10. The summed E-state index contributed by atoms with van der Waals surface area (Å²) in [6, 6.07) is 0. The Labute approximate surface area is 85.7 Å². The Morgan fingerprint density at radius 1 is 0.667 bits per heavy atom. The molecule has 1 heteroatoms. The molecule has 0 spiro atoms. The first-order valence-electron chi connectivity index (χ1n) is 5.26. The summed E-state index contributed by atoms with van der Waals surface area (Å²) in [6.45, 7) is 9.90. The number of rotatable bonds is 1. The van der Waals surface area contributed by atoms with Crippen molar-refractivity contribution in [3.8, 4) is 0 Å². The summed E-state index contributed by atoms with van der Waals surface area (Å²) < 4.78 is 6.35. The van der Waals surface area contributed by atoms with Crippen molar-refractivity contribution in [1.29, 1.82) is 0 Å². The van der Waals surface area contributed by atoms with Crippen molar-refractivity contribution in [3.63, 3.8) is 0 Å². The molecule has 0 aromatic carbocycles. The molecule has 0 aromatic rings. The van der Waals surface area contributed by atoms with E-state index in [4.69, 9.17) is 0 Å². The summed E-state index contributed by atoms with van der Waals surface area (Å²) in [6.07, 6.45) is 0. The van der Waals surface area contributed by atoms with Gasteiger partial charge in [-0.3, -0.25) is 0 Å². The zero-order chi connectivity index (χ0) is 9.46. The molecule has 1 aliphatic rings. The molecule has 1 saturated carbocycles. The van der Waals surface area contributed by atoms with E-state index in [0.717, 1.165) is 23.7 Å². The Morgan fingerprint density at radius 3 is 1.17 bits per heavy atom. The van der Waals surface area contributed by atoms with Crippen molar-refractivity contribution in [2.45, 2.75) is 40.7 Å². The standard InChI is InChI=1S/C9H17.2CH3.Hf/c1-6-5-7(2)9(4)8(6)3;;;/h5-9H,1-4H3;2*1H3;. The van der Waals surface area contributed by atoms with Crippen LogP contribution in [0.25, 0.3) is 0 Å². The summed E-state index contributed by atoms with van der Waals surface area (Å²) in [5.41, 5.74) is 0. The van der Waals surface area contributed by atoms with E-state index in [-0.39, 0.29) is 0 Å². The van der Waals surface area contributed by atoms with Gasteiger partial charge in [-0.25, -0.2) is 0 Å². The Morgan fingerprint density at radius 2 is 1.00 bits per heavy atom. The maximum absolute atomic E-state index is 2.59. The Bertz CT molecular complexity index is 139. The van der Waals surface area contributed by atoms with Crippen molar-refractivity contribution >= 4 is 0 Å². The van der Waals surface area contributed by atoms with Gasteiger partial charge in [-0.1, -0.05) is 0 Å². The monoisotopic (exact) mass is 335 g/mol. The molecule has 1 fully saturated rings. The second kappa shape index (κ2) is 3.94. The van der Waals surface area contributed by atoms with E-state index in [1.165, 1.54) is 3.67 Å². The van der Waals surface area contributed by atoms with Gasteiger partial charge < -0.3 is 0 Å². The SMILES string of the molecule is CC1C(C)C(C)[CH]([Hf]([CH3])[CH3])C1C. The third kappa shape index (κ3) is 1.71. The topological polar surface area (TPSA) is 0 Å². The van der Waals surface area contributed by atoms with Gasteiger partial charge in [0.1, 0.15) is 0 Å². The molecule has 0 bridgehead atoms.